The monoisotopic (exact) mass is 401 g/mol. The number of nitrogens with two attached hydrogens (primary N) is 1. The summed E-state index contributed by atoms with van der Waals surface area (Å²) in [6, 6.07) is 16.3. The molecule has 2 heterocycles. The van der Waals surface area contributed by atoms with Gasteiger partial charge in [0.2, 0.25) is 0 Å². The second kappa shape index (κ2) is 7.39. The molecule has 2 aromatic carbocycles. The highest BCUT2D eigenvalue weighted by molar-refractivity contribution is 5.79. The predicted molar refractivity (Wildman–Crippen MR) is 115 cm³/mol. The third kappa shape index (κ3) is 2.97. The van der Waals surface area contributed by atoms with Crippen LogP contribution in [-0.4, -0.2) is 21.9 Å². The number of rotatable bonds is 5. The minimum Gasteiger partial charge on any atom is -0.495 e. The first kappa shape index (κ1) is 18.5. The fourth-order valence-electron chi connectivity index (χ4n) is 4.37. The lowest BCUT2D eigenvalue weighted by molar-refractivity contribution is 0.266. The van der Waals surface area contributed by atoms with Gasteiger partial charge in [0.15, 0.2) is 5.76 Å². The maximum atomic E-state index is 9.58. The predicted octanol–water partition coefficient (Wildman–Crippen LogP) is 4.04. The van der Waals surface area contributed by atoms with E-state index in [-0.39, 0.29) is 6.61 Å². The first-order valence-electron chi connectivity index (χ1n) is 9.98. The minimum absolute atomic E-state index is 0.106. The quantitative estimate of drug-likeness (QED) is 0.493. The van der Waals surface area contributed by atoms with Crippen molar-refractivity contribution in [3.8, 4) is 28.3 Å². The maximum Gasteiger partial charge on any atom is 0.172 e. The van der Waals surface area contributed by atoms with Crippen LogP contribution < -0.4 is 10.5 Å². The number of anilines is 1. The van der Waals surface area contributed by atoms with Gasteiger partial charge in [-0.3, -0.25) is 0 Å². The van der Waals surface area contributed by atoms with Crippen molar-refractivity contribution in [3.63, 3.8) is 0 Å². The van der Waals surface area contributed by atoms with Crippen LogP contribution in [0.3, 0.4) is 0 Å². The van der Waals surface area contributed by atoms with Crippen molar-refractivity contribution in [2.75, 3.05) is 12.8 Å². The molecule has 0 amide bonds. The summed E-state index contributed by atoms with van der Waals surface area (Å²) >= 11 is 0. The molecule has 0 fully saturated rings. The first-order chi connectivity index (χ1) is 14.7. The lowest BCUT2D eigenvalue weighted by Crippen LogP contribution is -2.05. The van der Waals surface area contributed by atoms with E-state index in [0.29, 0.717) is 23.7 Å². The van der Waals surface area contributed by atoms with Gasteiger partial charge in [0.1, 0.15) is 11.4 Å². The normalized spacial score (nSPS) is 12.5. The van der Waals surface area contributed by atoms with Gasteiger partial charge in [-0.05, 0) is 41.7 Å². The molecule has 1 aliphatic carbocycles. The Morgan fingerprint density at radius 3 is 2.67 bits per heavy atom. The molecule has 4 aromatic rings. The van der Waals surface area contributed by atoms with E-state index < -0.39 is 0 Å². The fraction of sp³-hybridized carbons (Fsp3) is 0.208. The van der Waals surface area contributed by atoms with Gasteiger partial charge < -0.3 is 24.7 Å². The van der Waals surface area contributed by atoms with Crippen LogP contribution in [0.5, 0.6) is 5.75 Å². The number of hydrogen-bond donors (Lipinski definition) is 2. The minimum atomic E-state index is -0.106. The van der Waals surface area contributed by atoms with Crippen LogP contribution in [0, 0.1) is 0 Å². The molecule has 6 nitrogen and oxygen atoms in total. The Balaban J connectivity index is 1.65. The molecule has 2 aromatic heterocycles. The van der Waals surface area contributed by atoms with E-state index in [4.69, 9.17) is 15.0 Å². The topological polar surface area (TPSA) is 86.4 Å². The van der Waals surface area contributed by atoms with Gasteiger partial charge in [-0.15, -0.1) is 0 Å². The molecule has 0 bridgehead atoms. The zero-order chi connectivity index (χ0) is 20.7. The van der Waals surface area contributed by atoms with Crippen LogP contribution in [-0.2, 0) is 26.0 Å². The Bertz CT molecular complexity index is 1210. The van der Waals surface area contributed by atoms with Crippen LogP contribution in [0.25, 0.3) is 22.6 Å². The Hall–Kier alpha value is -3.51. The van der Waals surface area contributed by atoms with Crippen molar-refractivity contribution in [2.45, 2.75) is 26.0 Å². The summed E-state index contributed by atoms with van der Waals surface area (Å²) in [6.45, 7) is 0.563. The zero-order valence-corrected chi connectivity index (χ0v) is 16.8. The van der Waals surface area contributed by atoms with Crippen molar-refractivity contribution < 1.29 is 14.4 Å². The largest absolute Gasteiger partial charge is 0.495 e. The highest BCUT2D eigenvalue weighted by Crippen LogP contribution is 2.42. The van der Waals surface area contributed by atoms with E-state index in [9.17, 15) is 5.11 Å². The molecule has 0 saturated heterocycles. The number of nitrogens with zero attached hydrogens (tertiary/aromatic N) is 2. The van der Waals surface area contributed by atoms with Crippen LogP contribution >= 0.6 is 0 Å². The number of nitrogen functional groups attached to an aromatic ring is 1. The second-order valence-electron chi connectivity index (χ2n) is 7.54. The van der Waals surface area contributed by atoms with Crippen molar-refractivity contribution >= 4 is 5.69 Å². The zero-order valence-electron chi connectivity index (χ0n) is 16.8. The van der Waals surface area contributed by atoms with E-state index in [2.05, 4.69) is 40.2 Å². The van der Waals surface area contributed by atoms with Gasteiger partial charge in [0.05, 0.1) is 25.1 Å². The number of fused-ring (bicyclic) bond motifs is 3. The molecule has 0 unspecified atom stereocenters. The second-order valence-corrected chi connectivity index (χ2v) is 7.54. The molecule has 0 saturated carbocycles. The smallest absolute Gasteiger partial charge is 0.172 e. The van der Waals surface area contributed by atoms with Gasteiger partial charge in [0.25, 0.3) is 0 Å². The summed E-state index contributed by atoms with van der Waals surface area (Å²) in [4.78, 5) is 0. The van der Waals surface area contributed by atoms with Gasteiger partial charge >= 0.3 is 0 Å². The molecule has 6 heteroatoms. The lowest BCUT2D eigenvalue weighted by Gasteiger charge is -2.15. The Labute approximate surface area is 174 Å². The number of methoxy groups -OCH3 is 1. The average molecular weight is 401 g/mol. The van der Waals surface area contributed by atoms with Gasteiger partial charge in [0, 0.05) is 23.9 Å². The highest BCUT2D eigenvalue weighted by atomic mass is 16.5. The molecule has 30 heavy (non-hydrogen) atoms. The summed E-state index contributed by atoms with van der Waals surface area (Å²) in [5, 5.41) is 13.7. The summed E-state index contributed by atoms with van der Waals surface area (Å²) < 4.78 is 13.2. The van der Waals surface area contributed by atoms with Crippen molar-refractivity contribution in [1.82, 2.24) is 9.72 Å². The van der Waals surface area contributed by atoms with Gasteiger partial charge in [-0.1, -0.05) is 41.6 Å². The highest BCUT2D eigenvalue weighted by Gasteiger charge is 2.29. The molecule has 0 atom stereocenters. The molecular formula is C24H23N3O3. The van der Waals surface area contributed by atoms with Crippen LogP contribution in [0.4, 0.5) is 5.69 Å². The molecule has 0 spiro atoms. The molecule has 3 N–H and O–H groups in total. The van der Waals surface area contributed by atoms with Crippen LogP contribution in [0.2, 0.25) is 0 Å². The number of aromatic nitrogens is 2. The molecular weight excluding hydrogens is 378 g/mol. The van der Waals surface area contributed by atoms with Crippen molar-refractivity contribution in [3.05, 3.63) is 77.1 Å². The third-order valence-corrected chi connectivity index (χ3v) is 5.77. The van der Waals surface area contributed by atoms with E-state index in [1.54, 1.807) is 7.11 Å². The van der Waals surface area contributed by atoms with Crippen molar-refractivity contribution in [1.29, 1.82) is 0 Å². The SMILES string of the molecule is COc1ccc(Cn2cc3c(c2-c2ccccc2)CCc2c(CO)noc2-3)cc1N. The molecule has 0 radical (unpaired) electrons. The molecule has 152 valence electrons. The maximum absolute atomic E-state index is 9.58. The summed E-state index contributed by atoms with van der Waals surface area (Å²) in [5.41, 5.74) is 14.1. The van der Waals surface area contributed by atoms with Gasteiger partial charge in [-0.25, -0.2) is 0 Å². The Kier molecular flexibility index (Phi) is 4.56. The fourth-order valence-corrected chi connectivity index (χ4v) is 4.37. The average Bonchev–Trinajstić information content (AvgIpc) is 3.35. The van der Waals surface area contributed by atoms with Crippen molar-refractivity contribution in [2.24, 2.45) is 0 Å². The summed E-state index contributed by atoms with van der Waals surface area (Å²) in [6.07, 6.45) is 3.81. The lowest BCUT2D eigenvalue weighted by atomic mass is 9.90. The Morgan fingerprint density at radius 1 is 1.13 bits per heavy atom. The van der Waals surface area contributed by atoms with E-state index in [1.807, 2.05) is 24.3 Å². The first-order valence-corrected chi connectivity index (χ1v) is 9.98. The number of aliphatic hydroxyl groups is 1. The van der Waals surface area contributed by atoms with Crippen LogP contribution in [0.15, 0.2) is 59.3 Å². The number of aliphatic hydroxyl groups excluding tert-OH is 1. The summed E-state index contributed by atoms with van der Waals surface area (Å²) in [5.74, 6) is 1.45. The summed E-state index contributed by atoms with van der Waals surface area (Å²) in [7, 11) is 1.62. The Morgan fingerprint density at radius 2 is 1.93 bits per heavy atom. The van der Waals surface area contributed by atoms with E-state index in [0.717, 1.165) is 40.9 Å². The number of benzene rings is 2. The van der Waals surface area contributed by atoms with E-state index in [1.165, 1.54) is 11.3 Å². The standard InChI is InChI=1S/C24H23N3O3/c1-29-22-10-7-15(11-20(22)25)12-27-13-19-17(23(27)16-5-3-2-4-6-16)8-9-18-21(14-28)26-30-24(18)19/h2-7,10-11,13,28H,8-9,12,14,25H2,1H3. The molecule has 5 rings (SSSR count). The molecule has 1 aliphatic rings. The molecule has 0 aliphatic heterocycles. The third-order valence-electron chi connectivity index (χ3n) is 5.77. The number of ether oxygens (including phenoxy) is 1. The number of hydrogen-bond acceptors (Lipinski definition) is 5. The van der Waals surface area contributed by atoms with E-state index >= 15 is 0 Å². The van der Waals surface area contributed by atoms with Crippen LogP contribution in [0.1, 0.15) is 22.4 Å². The van der Waals surface area contributed by atoms with Gasteiger partial charge in [-0.2, -0.15) is 0 Å².